The minimum atomic E-state index is -0.359. The molecule has 0 saturated carbocycles. The minimum absolute atomic E-state index is 0.307. The van der Waals surface area contributed by atoms with Crippen LogP contribution in [-0.4, -0.2) is 31.8 Å². The lowest BCUT2D eigenvalue weighted by Crippen LogP contribution is -2.37. The van der Waals surface area contributed by atoms with Crippen molar-refractivity contribution in [3.63, 3.8) is 0 Å². The van der Waals surface area contributed by atoms with Gasteiger partial charge in [-0.1, -0.05) is 11.6 Å². The summed E-state index contributed by atoms with van der Waals surface area (Å²) in [5, 5.41) is 3.29. The highest BCUT2D eigenvalue weighted by Crippen LogP contribution is 2.35. The highest BCUT2D eigenvalue weighted by molar-refractivity contribution is 5.75. The number of hydrogen-bond donors (Lipinski definition) is 1. The van der Waals surface area contributed by atoms with Crippen molar-refractivity contribution < 1.29 is 0 Å². The molecular formula is C18H24N6O2. The largest absolute Gasteiger partial charge is 0.389 e. The SMILES string of the molecule is CC(C)=CCn1c(N2CCC3CNC=C32)nc2c1c(=O)n(C)c(=O)n2C. The summed E-state index contributed by atoms with van der Waals surface area (Å²) in [6, 6.07) is 0. The second-order valence-corrected chi connectivity index (χ2v) is 7.30. The zero-order valence-electron chi connectivity index (χ0n) is 15.6. The van der Waals surface area contributed by atoms with E-state index in [9.17, 15) is 9.59 Å². The Morgan fingerprint density at radius 1 is 1.31 bits per heavy atom. The fraction of sp³-hybridized carbons (Fsp3) is 0.500. The molecule has 0 aliphatic carbocycles. The number of imidazole rings is 1. The summed E-state index contributed by atoms with van der Waals surface area (Å²) in [6.07, 6.45) is 5.17. The fourth-order valence-electron chi connectivity index (χ4n) is 3.79. The van der Waals surface area contributed by atoms with E-state index in [0.29, 0.717) is 23.6 Å². The molecule has 1 unspecified atom stereocenters. The van der Waals surface area contributed by atoms with Gasteiger partial charge in [-0.2, -0.15) is 4.98 Å². The van der Waals surface area contributed by atoms with Crippen LogP contribution in [0, 0.1) is 5.92 Å². The number of rotatable bonds is 3. The third-order valence-corrected chi connectivity index (χ3v) is 5.30. The molecule has 0 amide bonds. The van der Waals surface area contributed by atoms with Gasteiger partial charge in [0.2, 0.25) is 5.95 Å². The highest BCUT2D eigenvalue weighted by Gasteiger charge is 2.34. The Balaban J connectivity index is 2.00. The average Bonchev–Trinajstić information content (AvgIpc) is 3.29. The smallest absolute Gasteiger partial charge is 0.332 e. The van der Waals surface area contributed by atoms with Crippen LogP contribution < -0.4 is 21.5 Å². The third kappa shape index (κ3) is 2.32. The Bertz CT molecular complexity index is 1060. The van der Waals surface area contributed by atoms with Gasteiger partial charge < -0.3 is 14.8 Å². The standard InChI is InChI=1S/C18H24N6O2/c1-11(2)5-7-24-14-15(21(3)18(26)22(4)16(14)25)20-17(24)23-8-6-12-9-19-10-13(12)23/h5,10,12,19H,6-9H2,1-4H3. The van der Waals surface area contributed by atoms with E-state index in [-0.39, 0.29) is 11.2 Å². The summed E-state index contributed by atoms with van der Waals surface area (Å²) in [5.41, 5.74) is 2.61. The lowest BCUT2D eigenvalue weighted by Gasteiger charge is -2.19. The molecule has 2 aliphatic heterocycles. The summed E-state index contributed by atoms with van der Waals surface area (Å²) in [7, 11) is 3.17. The first-order valence-corrected chi connectivity index (χ1v) is 8.90. The molecule has 26 heavy (non-hydrogen) atoms. The zero-order valence-corrected chi connectivity index (χ0v) is 15.6. The maximum atomic E-state index is 12.8. The summed E-state index contributed by atoms with van der Waals surface area (Å²) in [6.45, 7) is 6.41. The van der Waals surface area contributed by atoms with Gasteiger partial charge in [0.05, 0.1) is 0 Å². The molecule has 0 bridgehead atoms. The van der Waals surface area contributed by atoms with Crippen LogP contribution in [0.1, 0.15) is 20.3 Å². The lowest BCUT2D eigenvalue weighted by atomic mass is 10.1. The van der Waals surface area contributed by atoms with Crippen LogP contribution >= 0.6 is 0 Å². The molecule has 0 radical (unpaired) electrons. The summed E-state index contributed by atoms with van der Waals surface area (Å²) in [4.78, 5) is 32.1. The van der Waals surface area contributed by atoms with Crippen LogP contribution in [-0.2, 0) is 20.6 Å². The van der Waals surface area contributed by atoms with Crippen molar-refractivity contribution in [2.75, 3.05) is 18.0 Å². The number of allylic oxidation sites excluding steroid dienone is 2. The van der Waals surface area contributed by atoms with E-state index in [2.05, 4.69) is 16.3 Å². The van der Waals surface area contributed by atoms with Crippen molar-refractivity contribution in [2.45, 2.75) is 26.8 Å². The molecule has 1 fully saturated rings. The third-order valence-electron chi connectivity index (χ3n) is 5.30. The summed E-state index contributed by atoms with van der Waals surface area (Å²) >= 11 is 0. The number of nitrogens with zero attached hydrogens (tertiary/aromatic N) is 5. The Morgan fingerprint density at radius 3 is 2.81 bits per heavy atom. The van der Waals surface area contributed by atoms with Gasteiger partial charge in [-0.05, 0) is 20.3 Å². The Labute approximate surface area is 151 Å². The van der Waals surface area contributed by atoms with E-state index in [1.807, 2.05) is 24.6 Å². The maximum absolute atomic E-state index is 12.8. The molecule has 2 aromatic heterocycles. The second kappa shape index (κ2) is 5.89. The van der Waals surface area contributed by atoms with Gasteiger partial charge in [-0.3, -0.25) is 13.9 Å². The molecule has 1 N–H and O–H groups in total. The molecule has 4 rings (SSSR count). The predicted octanol–water partition coefficient (Wildman–Crippen LogP) is 0.671. The molecule has 1 saturated heterocycles. The van der Waals surface area contributed by atoms with Crippen LogP contribution in [0.4, 0.5) is 5.95 Å². The number of hydrogen-bond acceptors (Lipinski definition) is 5. The molecular weight excluding hydrogens is 332 g/mol. The van der Waals surface area contributed by atoms with Crippen molar-refractivity contribution in [3.8, 4) is 0 Å². The second-order valence-electron chi connectivity index (χ2n) is 7.30. The van der Waals surface area contributed by atoms with Crippen molar-refractivity contribution in [2.24, 2.45) is 20.0 Å². The first-order valence-electron chi connectivity index (χ1n) is 8.90. The molecule has 2 aliphatic rings. The number of anilines is 1. The van der Waals surface area contributed by atoms with Gasteiger partial charge in [-0.15, -0.1) is 0 Å². The van der Waals surface area contributed by atoms with E-state index < -0.39 is 0 Å². The van der Waals surface area contributed by atoms with Crippen molar-refractivity contribution in [3.05, 3.63) is 44.4 Å². The van der Waals surface area contributed by atoms with E-state index in [1.165, 1.54) is 22.9 Å². The highest BCUT2D eigenvalue weighted by atomic mass is 16.2. The van der Waals surface area contributed by atoms with Crippen LogP contribution in [0.3, 0.4) is 0 Å². The van der Waals surface area contributed by atoms with Gasteiger partial charge >= 0.3 is 5.69 Å². The first kappa shape index (κ1) is 16.7. The summed E-state index contributed by atoms with van der Waals surface area (Å²) < 4.78 is 4.54. The quantitative estimate of drug-likeness (QED) is 0.818. The van der Waals surface area contributed by atoms with E-state index >= 15 is 0 Å². The number of aromatic nitrogens is 4. The average molecular weight is 356 g/mol. The lowest BCUT2D eigenvalue weighted by molar-refractivity contribution is 0.647. The van der Waals surface area contributed by atoms with Crippen LogP contribution in [0.2, 0.25) is 0 Å². The van der Waals surface area contributed by atoms with E-state index in [4.69, 9.17) is 4.98 Å². The molecule has 8 nitrogen and oxygen atoms in total. The number of nitrogens with one attached hydrogen (secondary N) is 1. The van der Waals surface area contributed by atoms with Gasteiger partial charge in [0.25, 0.3) is 5.56 Å². The zero-order chi connectivity index (χ0) is 18.6. The van der Waals surface area contributed by atoms with Gasteiger partial charge in [-0.25, -0.2) is 4.79 Å². The van der Waals surface area contributed by atoms with Gasteiger partial charge in [0.1, 0.15) is 0 Å². The molecule has 1 atom stereocenters. The first-order chi connectivity index (χ1) is 12.4. The minimum Gasteiger partial charge on any atom is -0.389 e. The number of aryl methyl sites for hydroxylation is 1. The molecule has 0 spiro atoms. The topological polar surface area (TPSA) is 77.1 Å². The molecule has 138 valence electrons. The Kier molecular flexibility index (Phi) is 3.78. The molecule has 0 aromatic carbocycles. The Hall–Kier alpha value is -2.77. The fourth-order valence-corrected chi connectivity index (χ4v) is 3.79. The van der Waals surface area contributed by atoms with Gasteiger partial charge in [0.15, 0.2) is 11.2 Å². The van der Waals surface area contributed by atoms with E-state index in [1.54, 1.807) is 7.05 Å². The van der Waals surface area contributed by atoms with Crippen molar-refractivity contribution in [1.29, 1.82) is 0 Å². The normalized spacial score (nSPS) is 18.8. The van der Waals surface area contributed by atoms with Crippen LogP contribution in [0.5, 0.6) is 0 Å². The Morgan fingerprint density at radius 2 is 2.08 bits per heavy atom. The number of fused-ring (bicyclic) bond motifs is 2. The van der Waals surface area contributed by atoms with Crippen molar-refractivity contribution in [1.82, 2.24) is 24.0 Å². The molecule has 4 heterocycles. The van der Waals surface area contributed by atoms with Crippen molar-refractivity contribution >= 4 is 17.1 Å². The maximum Gasteiger partial charge on any atom is 0.332 e. The molecule has 2 aromatic rings. The monoisotopic (exact) mass is 356 g/mol. The van der Waals surface area contributed by atoms with E-state index in [0.717, 1.165) is 30.0 Å². The van der Waals surface area contributed by atoms with Crippen LogP contribution in [0.15, 0.2) is 33.1 Å². The summed E-state index contributed by atoms with van der Waals surface area (Å²) in [5.74, 6) is 1.21. The van der Waals surface area contributed by atoms with Crippen LogP contribution in [0.25, 0.3) is 11.2 Å². The van der Waals surface area contributed by atoms with Gasteiger partial charge in [0, 0.05) is 51.5 Å². The predicted molar refractivity (Wildman–Crippen MR) is 101 cm³/mol. The molecule has 8 heteroatoms.